The number of rotatable bonds is 4. The molecule has 0 radical (unpaired) electrons. The normalized spacial score (nSPS) is 22.1. The summed E-state index contributed by atoms with van der Waals surface area (Å²) in [6, 6.07) is 18.8. The molecule has 33 heavy (non-hydrogen) atoms. The van der Waals surface area contributed by atoms with Gasteiger partial charge in [-0.15, -0.1) is 0 Å². The molecule has 0 aromatic heterocycles. The van der Waals surface area contributed by atoms with E-state index in [2.05, 4.69) is 0 Å². The summed E-state index contributed by atoms with van der Waals surface area (Å²) in [5.74, 6) is -2.11. The van der Waals surface area contributed by atoms with Gasteiger partial charge in [0.25, 0.3) is 11.6 Å². The highest BCUT2D eigenvalue weighted by atomic mass is 35.5. The van der Waals surface area contributed by atoms with Gasteiger partial charge in [-0.25, -0.2) is 9.96 Å². The molecule has 2 aliphatic heterocycles. The SMILES string of the molecule is O=C1[C@@H]2[C@@H](c3cccc([N+](=O)[O-])c3)N(c3ccccc3)O[C@H]2C(=O)N1c1c(Cl)cccc1Cl. The minimum absolute atomic E-state index is 0.0953. The molecule has 3 aromatic rings. The highest BCUT2D eigenvalue weighted by Gasteiger charge is 2.60. The predicted molar refractivity (Wildman–Crippen MR) is 122 cm³/mol. The maximum Gasteiger partial charge on any atom is 0.269 e. The van der Waals surface area contributed by atoms with Crippen molar-refractivity contribution in [1.82, 2.24) is 0 Å². The molecule has 0 spiro atoms. The van der Waals surface area contributed by atoms with E-state index >= 15 is 0 Å². The van der Waals surface area contributed by atoms with Gasteiger partial charge in [0.2, 0.25) is 5.91 Å². The second-order valence-electron chi connectivity index (χ2n) is 7.59. The minimum Gasteiger partial charge on any atom is -0.273 e. The fraction of sp³-hybridized carbons (Fsp3) is 0.130. The van der Waals surface area contributed by atoms with Crippen molar-refractivity contribution in [2.45, 2.75) is 12.1 Å². The lowest BCUT2D eigenvalue weighted by molar-refractivity contribution is -0.384. The van der Waals surface area contributed by atoms with Gasteiger partial charge in [-0.3, -0.25) is 24.5 Å². The van der Waals surface area contributed by atoms with E-state index in [4.69, 9.17) is 28.0 Å². The second kappa shape index (κ2) is 8.15. The van der Waals surface area contributed by atoms with Crippen LogP contribution in [0.15, 0.2) is 72.8 Å². The van der Waals surface area contributed by atoms with Crippen molar-refractivity contribution in [3.8, 4) is 0 Å². The molecule has 0 saturated carbocycles. The monoisotopic (exact) mass is 483 g/mol. The average Bonchev–Trinajstić information content (AvgIpc) is 3.31. The molecule has 8 nitrogen and oxygen atoms in total. The summed E-state index contributed by atoms with van der Waals surface area (Å²) in [6.45, 7) is 0. The van der Waals surface area contributed by atoms with Gasteiger partial charge in [0.1, 0.15) is 5.92 Å². The second-order valence-corrected chi connectivity index (χ2v) is 8.41. The van der Waals surface area contributed by atoms with Crippen LogP contribution in [0.4, 0.5) is 17.1 Å². The van der Waals surface area contributed by atoms with Gasteiger partial charge >= 0.3 is 0 Å². The van der Waals surface area contributed by atoms with Gasteiger partial charge in [0, 0.05) is 12.1 Å². The third-order valence-corrected chi connectivity index (χ3v) is 6.32. The van der Waals surface area contributed by atoms with Crippen LogP contribution in [0.25, 0.3) is 0 Å². The Morgan fingerprint density at radius 2 is 1.55 bits per heavy atom. The van der Waals surface area contributed by atoms with Crippen molar-refractivity contribution in [3.05, 3.63) is 98.5 Å². The molecule has 3 atom stereocenters. The summed E-state index contributed by atoms with van der Waals surface area (Å²) >= 11 is 12.5. The number of nitro groups is 1. The molecule has 3 aromatic carbocycles. The van der Waals surface area contributed by atoms with E-state index in [9.17, 15) is 19.7 Å². The van der Waals surface area contributed by atoms with E-state index in [0.29, 0.717) is 11.3 Å². The fourth-order valence-corrected chi connectivity index (χ4v) is 4.86. The number of fused-ring (bicyclic) bond motifs is 1. The highest BCUT2D eigenvalue weighted by molar-refractivity contribution is 6.42. The summed E-state index contributed by atoms with van der Waals surface area (Å²) in [4.78, 5) is 44.8. The van der Waals surface area contributed by atoms with Crippen LogP contribution < -0.4 is 9.96 Å². The third kappa shape index (κ3) is 3.43. The van der Waals surface area contributed by atoms with E-state index < -0.39 is 34.8 Å². The van der Waals surface area contributed by atoms with Crippen LogP contribution >= 0.6 is 23.2 Å². The van der Waals surface area contributed by atoms with Crippen molar-refractivity contribution in [1.29, 1.82) is 0 Å². The van der Waals surface area contributed by atoms with Crippen molar-refractivity contribution in [3.63, 3.8) is 0 Å². The molecule has 0 bridgehead atoms. The smallest absolute Gasteiger partial charge is 0.269 e. The zero-order valence-corrected chi connectivity index (χ0v) is 18.3. The first-order valence-electron chi connectivity index (χ1n) is 9.95. The first kappa shape index (κ1) is 21.4. The number of benzene rings is 3. The molecule has 0 aliphatic carbocycles. The molecule has 2 aliphatic rings. The molecule has 2 amide bonds. The van der Waals surface area contributed by atoms with E-state index in [-0.39, 0.29) is 21.4 Å². The van der Waals surface area contributed by atoms with Gasteiger partial charge in [-0.05, 0) is 29.8 Å². The molecule has 2 fully saturated rings. The van der Waals surface area contributed by atoms with E-state index in [1.807, 2.05) is 6.07 Å². The number of imide groups is 1. The molecule has 10 heteroatoms. The minimum atomic E-state index is -1.14. The summed E-state index contributed by atoms with van der Waals surface area (Å²) in [7, 11) is 0. The summed E-state index contributed by atoms with van der Waals surface area (Å²) in [5, 5.41) is 13.1. The Bertz CT molecular complexity index is 1270. The topological polar surface area (TPSA) is 93.0 Å². The number of hydroxylamine groups is 1. The number of halogens is 2. The Labute approximate surface area is 198 Å². The van der Waals surface area contributed by atoms with Crippen molar-refractivity contribution < 1.29 is 19.3 Å². The lowest BCUT2D eigenvalue weighted by Crippen LogP contribution is -2.37. The van der Waals surface area contributed by atoms with Crippen LogP contribution in [0.5, 0.6) is 0 Å². The van der Waals surface area contributed by atoms with E-state index in [1.165, 1.54) is 35.4 Å². The standard InChI is InChI=1S/C23H15Cl2N3O5/c24-16-10-5-11-17(25)20(16)26-22(29)18-19(13-6-4-9-15(12-13)28(31)32)27(33-21(18)23(26)30)14-7-2-1-3-8-14/h1-12,18-19,21H/t18-,19-,21-/m1/s1. The maximum absolute atomic E-state index is 13.6. The number of anilines is 2. The first-order chi connectivity index (χ1) is 15.9. The molecule has 5 rings (SSSR count). The van der Waals surface area contributed by atoms with Gasteiger partial charge in [-0.1, -0.05) is 59.6 Å². The molecule has 0 unspecified atom stereocenters. The summed E-state index contributed by atoms with van der Waals surface area (Å²) < 4.78 is 0. The van der Waals surface area contributed by atoms with Crippen LogP contribution in [0.1, 0.15) is 11.6 Å². The molecule has 2 saturated heterocycles. The Balaban J connectivity index is 1.63. The molecular formula is C23H15Cl2N3O5. The predicted octanol–water partition coefficient (Wildman–Crippen LogP) is 4.95. The van der Waals surface area contributed by atoms with Crippen LogP contribution in [0, 0.1) is 16.0 Å². The van der Waals surface area contributed by atoms with Crippen LogP contribution in [-0.2, 0) is 14.4 Å². The van der Waals surface area contributed by atoms with Crippen LogP contribution in [-0.4, -0.2) is 22.8 Å². The highest BCUT2D eigenvalue weighted by Crippen LogP contribution is 2.49. The zero-order valence-electron chi connectivity index (χ0n) is 16.8. The Morgan fingerprint density at radius 3 is 2.21 bits per heavy atom. The number of non-ortho nitro benzene ring substituents is 1. The number of carbonyl (C=O) groups excluding carboxylic acids is 2. The Kier molecular flexibility index (Phi) is 5.28. The first-order valence-corrected chi connectivity index (χ1v) is 10.7. The van der Waals surface area contributed by atoms with Crippen LogP contribution in [0.2, 0.25) is 10.0 Å². The van der Waals surface area contributed by atoms with Gasteiger partial charge in [-0.2, -0.15) is 0 Å². The van der Waals surface area contributed by atoms with Gasteiger partial charge in [0.05, 0.1) is 32.4 Å². The summed E-state index contributed by atoms with van der Waals surface area (Å²) in [6.07, 6.45) is -1.14. The Hall–Kier alpha value is -3.46. The third-order valence-electron chi connectivity index (χ3n) is 5.71. The number of para-hydroxylation sites is 2. The summed E-state index contributed by atoms with van der Waals surface area (Å²) in [5.41, 5.74) is 1.03. The van der Waals surface area contributed by atoms with E-state index in [1.54, 1.807) is 36.4 Å². The zero-order chi connectivity index (χ0) is 23.3. The number of nitro benzene ring substituents is 1. The molecule has 2 heterocycles. The van der Waals surface area contributed by atoms with Gasteiger partial charge < -0.3 is 0 Å². The quantitative estimate of drug-likeness (QED) is 0.296. The molecule has 0 N–H and O–H groups in total. The largest absolute Gasteiger partial charge is 0.273 e. The number of amides is 2. The number of carbonyl (C=O) groups is 2. The average molecular weight is 484 g/mol. The number of hydrogen-bond donors (Lipinski definition) is 0. The fourth-order valence-electron chi connectivity index (χ4n) is 4.30. The Morgan fingerprint density at radius 1 is 0.879 bits per heavy atom. The lowest BCUT2D eigenvalue weighted by atomic mass is 9.90. The number of hydrogen-bond acceptors (Lipinski definition) is 6. The molecule has 166 valence electrons. The molecular weight excluding hydrogens is 469 g/mol. The van der Waals surface area contributed by atoms with Gasteiger partial charge in [0.15, 0.2) is 6.10 Å². The van der Waals surface area contributed by atoms with Crippen molar-refractivity contribution in [2.75, 3.05) is 9.96 Å². The van der Waals surface area contributed by atoms with E-state index in [0.717, 1.165) is 4.90 Å². The lowest BCUT2D eigenvalue weighted by Gasteiger charge is -2.29. The van der Waals surface area contributed by atoms with Crippen molar-refractivity contribution in [2.24, 2.45) is 5.92 Å². The number of nitrogens with zero attached hydrogens (tertiary/aromatic N) is 3. The van der Waals surface area contributed by atoms with Crippen molar-refractivity contribution >= 4 is 52.1 Å². The van der Waals surface area contributed by atoms with Crippen LogP contribution in [0.3, 0.4) is 0 Å². The maximum atomic E-state index is 13.6.